The number of carbonyl (C=O) groups is 1. The molecule has 0 fully saturated rings. The normalized spacial score (nSPS) is 14.6. The molecule has 0 radical (unpaired) electrons. The Morgan fingerprint density at radius 2 is 1.91 bits per heavy atom. The van der Waals surface area contributed by atoms with Crippen LogP contribution in [-0.2, 0) is 15.1 Å². The number of methoxy groups -OCH3 is 1. The summed E-state index contributed by atoms with van der Waals surface area (Å²) in [6.45, 7) is 9.30. The summed E-state index contributed by atoms with van der Waals surface area (Å²) in [5.41, 5.74) is 4.63. The molecule has 0 amide bonds. The lowest BCUT2D eigenvalue weighted by atomic mass is 9.76. The Kier molecular flexibility index (Phi) is 5.57. The molecule has 0 bridgehead atoms. The van der Waals surface area contributed by atoms with Crippen LogP contribution in [0.15, 0.2) is 18.2 Å². The second-order valence-electron chi connectivity index (χ2n) is 7.01. The van der Waals surface area contributed by atoms with E-state index in [2.05, 4.69) is 0 Å². The molecule has 0 aliphatic rings. The predicted octanol–water partition coefficient (Wildman–Crippen LogP) is 3.38. The Labute approximate surface area is 131 Å². The average Bonchev–Trinajstić information content (AvgIpc) is 2.35. The van der Waals surface area contributed by atoms with Crippen molar-refractivity contribution in [2.24, 2.45) is 11.1 Å². The summed E-state index contributed by atoms with van der Waals surface area (Å²) in [6, 6.07) is 4.30. The van der Waals surface area contributed by atoms with Gasteiger partial charge in [-0.3, -0.25) is 0 Å². The molecule has 0 spiro atoms. The molecule has 1 rings (SSSR count). The van der Waals surface area contributed by atoms with E-state index in [1.165, 1.54) is 19.2 Å². The summed E-state index contributed by atoms with van der Waals surface area (Å²) in [5, 5.41) is 0. The fourth-order valence-corrected chi connectivity index (χ4v) is 2.42. The lowest BCUT2D eigenvalue weighted by Crippen LogP contribution is -2.49. The fourth-order valence-electron chi connectivity index (χ4n) is 2.42. The standard InChI is InChI=1S/C17H26FNO3/c1-11(2)22-15(20)17(19,10-16(3,4)5)13-8-7-12(21-6)9-14(13)18/h7-9,11H,10,19H2,1-6H3. The lowest BCUT2D eigenvalue weighted by Gasteiger charge is -2.34. The number of hydrogen-bond donors (Lipinski definition) is 1. The molecule has 22 heavy (non-hydrogen) atoms. The number of hydrogen-bond acceptors (Lipinski definition) is 4. The zero-order chi connectivity index (χ0) is 17.1. The molecular formula is C17H26FNO3. The van der Waals surface area contributed by atoms with E-state index < -0.39 is 17.3 Å². The van der Waals surface area contributed by atoms with Crippen molar-refractivity contribution in [2.75, 3.05) is 7.11 Å². The Balaban J connectivity index is 3.34. The fraction of sp³-hybridized carbons (Fsp3) is 0.588. The summed E-state index contributed by atoms with van der Waals surface area (Å²) >= 11 is 0. The summed E-state index contributed by atoms with van der Waals surface area (Å²) in [4.78, 5) is 12.5. The molecule has 1 unspecified atom stereocenters. The molecule has 124 valence electrons. The van der Waals surface area contributed by atoms with Crippen LogP contribution in [0.3, 0.4) is 0 Å². The molecule has 0 heterocycles. The van der Waals surface area contributed by atoms with E-state index in [1.54, 1.807) is 19.9 Å². The van der Waals surface area contributed by atoms with Gasteiger partial charge in [-0.05, 0) is 37.8 Å². The maximum atomic E-state index is 14.4. The largest absolute Gasteiger partial charge is 0.497 e. The van der Waals surface area contributed by atoms with E-state index in [0.717, 1.165) is 0 Å². The maximum Gasteiger partial charge on any atom is 0.331 e. The number of ether oxygens (including phenoxy) is 2. The summed E-state index contributed by atoms with van der Waals surface area (Å²) in [7, 11) is 1.45. The highest BCUT2D eigenvalue weighted by molar-refractivity contribution is 5.82. The number of benzene rings is 1. The topological polar surface area (TPSA) is 61.5 Å². The van der Waals surface area contributed by atoms with Gasteiger partial charge in [0.1, 0.15) is 17.1 Å². The minimum absolute atomic E-state index is 0.119. The summed E-state index contributed by atoms with van der Waals surface area (Å²) < 4.78 is 24.7. The molecule has 2 N–H and O–H groups in total. The number of halogens is 1. The Bertz CT molecular complexity index is 537. The number of carbonyl (C=O) groups excluding carboxylic acids is 1. The van der Waals surface area contributed by atoms with E-state index in [9.17, 15) is 9.18 Å². The minimum Gasteiger partial charge on any atom is -0.497 e. The second-order valence-corrected chi connectivity index (χ2v) is 7.01. The quantitative estimate of drug-likeness (QED) is 0.847. The van der Waals surface area contributed by atoms with Crippen LogP contribution in [0, 0.1) is 11.2 Å². The first-order chi connectivity index (χ1) is 9.99. The van der Waals surface area contributed by atoms with Gasteiger partial charge in [0.15, 0.2) is 0 Å². The van der Waals surface area contributed by atoms with E-state index in [0.29, 0.717) is 5.75 Å². The first kappa shape index (κ1) is 18.4. The molecule has 0 aromatic heterocycles. The van der Waals surface area contributed by atoms with E-state index in [-0.39, 0.29) is 23.5 Å². The van der Waals surface area contributed by atoms with E-state index >= 15 is 0 Å². The van der Waals surface area contributed by atoms with Gasteiger partial charge in [-0.15, -0.1) is 0 Å². The summed E-state index contributed by atoms with van der Waals surface area (Å²) in [6.07, 6.45) is -0.0638. The molecule has 4 nitrogen and oxygen atoms in total. The predicted molar refractivity (Wildman–Crippen MR) is 84.1 cm³/mol. The molecule has 1 aromatic carbocycles. The molecule has 0 aliphatic heterocycles. The van der Waals surface area contributed by atoms with Gasteiger partial charge in [-0.1, -0.05) is 20.8 Å². The van der Waals surface area contributed by atoms with Crippen LogP contribution in [-0.4, -0.2) is 19.2 Å². The van der Waals surface area contributed by atoms with E-state index in [4.69, 9.17) is 15.2 Å². The first-order valence-electron chi connectivity index (χ1n) is 7.33. The van der Waals surface area contributed by atoms with Gasteiger partial charge in [0.25, 0.3) is 0 Å². The smallest absolute Gasteiger partial charge is 0.331 e. The van der Waals surface area contributed by atoms with Gasteiger partial charge >= 0.3 is 5.97 Å². The van der Waals surface area contributed by atoms with Crippen molar-refractivity contribution in [3.05, 3.63) is 29.6 Å². The number of esters is 1. The first-order valence-corrected chi connectivity index (χ1v) is 7.33. The Morgan fingerprint density at radius 3 is 2.32 bits per heavy atom. The van der Waals surface area contributed by atoms with Crippen LogP contribution >= 0.6 is 0 Å². The van der Waals surface area contributed by atoms with Crippen molar-refractivity contribution in [2.45, 2.75) is 52.7 Å². The Hall–Kier alpha value is -1.62. The van der Waals surface area contributed by atoms with E-state index in [1.807, 2.05) is 20.8 Å². The van der Waals surface area contributed by atoms with Crippen molar-refractivity contribution in [1.82, 2.24) is 0 Å². The van der Waals surface area contributed by atoms with Crippen LogP contribution in [0.5, 0.6) is 5.75 Å². The third-order valence-corrected chi connectivity index (χ3v) is 3.17. The zero-order valence-corrected chi connectivity index (χ0v) is 14.2. The SMILES string of the molecule is COc1ccc(C(N)(CC(C)(C)C)C(=O)OC(C)C)c(F)c1. The molecule has 5 heteroatoms. The van der Waals surface area contributed by atoms with Crippen molar-refractivity contribution in [3.8, 4) is 5.75 Å². The van der Waals surface area contributed by atoms with Gasteiger partial charge in [0.2, 0.25) is 0 Å². The van der Waals surface area contributed by atoms with Crippen LogP contribution in [0.4, 0.5) is 4.39 Å². The maximum absolute atomic E-state index is 14.4. The zero-order valence-electron chi connectivity index (χ0n) is 14.2. The average molecular weight is 311 g/mol. The molecule has 0 aliphatic carbocycles. The lowest BCUT2D eigenvalue weighted by molar-refractivity contribution is -0.156. The minimum atomic E-state index is -1.54. The van der Waals surface area contributed by atoms with Crippen molar-refractivity contribution in [1.29, 1.82) is 0 Å². The van der Waals surface area contributed by atoms with Gasteiger partial charge < -0.3 is 15.2 Å². The van der Waals surface area contributed by atoms with Crippen LogP contribution in [0.1, 0.15) is 46.6 Å². The Morgan fingerprint density at radius 1 is 1.32 bits per heavy atom. The van der Waals surface area contributed by atoms with Crippen LogP contribution < -0.4 is 10.5 Å². The molecular weight excluding hydrogens is 285 g/mol. The third kappa shape index (κ3) is 4.44. The highest BCUT2D eigenvalue weighted by atomic mass is 19.1. The van der Waals surface area contributed by atoms with Crippen LogP contribution in [0.25, 0.3) is 0 Å². The molecule has 1 atom stereocenters. The molecule has 0 saturated carbocycles. The van der Waals surface area contributed by atoms with Gasteiger partial charge in [-0.2, -0.15) is 0 Å². The monoisotopic (exact) mass is 311 g/mol. The van der Waals surface area contributed by atoms with Gasteiger partial charge in [0, 0.05) is 11.6 Å². The summed E-state index contributed by atoms with van der Waals surface area (Å²) in [5.74, 6) is -0.829. The highest BCUT2D eigenvalue weighted by Crippen LogP contribution is 2.36. The third-order valence-electron chi connectivity index (χ3n) is 3.17. The van der Waals surface area contributed by atoms with Gasteiger partial charge in [-0.25, -0.2) is 9.18 Å². The van der Waals surface area contributed by atoms with Crippen molar-refractivity contribution in [3.63, 3.8) is 0 Å². The molecule has 0 saturated heterocycles. The highest BCUT2D eigenvalue weighted by Gasteiger charge is 2.43. The van der Waals surface area contributed by atoms with Gasteiger partial charge in [0.05, 0.1) is 13.2 Å². The second kappa shape index (κ2) is 6.65. The van der Waals surface area contributed by atoms with Crippen molar-refractivity contribution >= 4 is 5.97 Å². The molecule has 1 aromatic rings. The number of rotatable bonds is 5. The van der Waals surface area contributed by atoms with Crippen LogP contribution in [0.2, 0.25) is 0 Å². The number of nitrogens with two attached hydrogens (primary N) is 1. The van der Waals surface area contributed by atoms with Crippen molar-refractivity contribution < 1.29 is 18.7 Å².